The number of Topliss-reactive ketones (excluding diaryl/α,β-unsaturated/α-hetero) is 1. The molecule has 33 heavy (non-hydrogen) atoms. The molecule has 4 rings (SSSR count). The minimum absolute atomic E-state index is 0.0532. The number of carbonyl (C=O) groups excluding carboxylic acids is 3. The van der Waals surface area contributed by atoms with E-state index < -0.39 is 23.5 Å². The van der Waals surface area contributed by atoms with Crippen LogP contribution in [0.5, 0.6) is 0 Å². The van der Waals surface area contributed by atoms with Crippen LogP contribution in [-0.2, 0) is 15.0 Å². The van der Waals surface area contributed by atoms with Crippen LogP contribution in [0.4, 0.5) is 10.1 Å². The number of nitrogens with one attached hydrogen (secondary N) is 1. The highest BCUT2D eigenvalue weighted by Gasteiger charge is 2.50. The highest BCUT2D eigenvalue weighted by Crippen LogP contribution is 2.44. The number of halogens is 1. The third-order valence-electron chi connectivity index (χ3n) is 6.83. The Kier molecular flexibility index (Phi) is 6.28. The van der Waals surface area contributed by atoms with Crippen molar-refractivity contribution >= 4 is 23.3 Å². The lowest BCUT2D eigenvalue weighted by atomic mass is 9.77. The summed E-state index contributed by atoms with van der Waals surface area (Å²) in [5.41, 5.74) is 1.18. The lowest BCUT2D eigenvalue weighted by Crippen LogP contribution is -2.51. The molecule has 1 N–H and O–H groups in total. The molecule has 0 unspecified atom stereocenters. The Morgan fingerprint density at radius 2 is 1.76 bits per heavy atom. The Labute approximate surface area is 192 Å². The number of rotatable bonds is 5. The number of ketones is 1. The topological polar surface area (TPSA) is 90.3 Å². The molecule has 2 aromatic carbocycles. The van der Waals surface area contributed by atoms with E-state index in [1.807, 2.05) is 6.07 Å². The summed E-state index contributed by atoms with van der Waals surface area (Å²) in [7, 11) is 0. The van der Waals surface area contributed by atoms with Gasteiger partial charge in [-0.3, -0.25) is 14.4 Å². The van der Waals surface area contributed by atoms with Gasteiger partial charge in [0, 0.05) is 12.0 Å². The quantitative estimate of drug-likeness (QED) is 0.697. The number of hydrogen-bond donors (Lipinski definition) is 1. The molecule has 170 valence electrons. The van der Waals surface area contributed by atoms with E-state index in [0.29, 0.717) is 29.7 Å². The predicted octanol–water partition coefficient (Wildman–Crippen LogP) is 4.15. The molecule has 1 aliphatic heterocycles. The van der Waals surface area contributed by atoms with Crippen LogP contribution in [0, 0.1) is 11.3 Å². The second-order valence-corrected chi connectivity index (χ2v) is 8.88. The van der Waals surface area contributed by atoms with Gasteiger partial charge in [0.25, 0.3) is 0 Å². The molecule has 2 aliphatic rings. The number of carbonyl (C=O) groups is 3. The third-order valence-corrected chi connectivity index (χ3v) is 6.83. The summed E-state index contributed by atoms with van der Waals surface area (Å²) in [4.78, 5) is 40.0. The van der Waals surface area contributed by atoms with Crippen molar-refractivity contribution in [1.29, 1.82) is 5.26 Å². The number of hydrogen-bond acceptors (Lipinski definition) is 4. The summed E-state index contributed by atoms with van der Waals surface area (Å²) in [6.07, 6.45) is 1.58. The van der Waals surface area contributed by atoms with Gasteiger partial charge in [0.1, 0.15) is 18.3 Å². The highest BCUT2D eigenvalue weighted by molar-refractivity contribution is 6.00. The maximum absolute atomic E-state index is 14.5. The monoisotopic (exact) mass is 447 g/mol. The summed E-state index contributed by atoms with van der Waals surface area (Å²) < 4.78 is 14.5. The standard InChI is InChI=1S/C26H26FN3O3/c1-17(31)18-8-10-20(11-9-18)26(12-4-5-13-26)25(33)30-16-21(27)14-23(30)24(32)29-22-7-3-2-6-19(22)15-28/h2-3,6-11,21,23H,4-5,12-14,16H2,1H3,(H,29,32)/t21-,23-/m1/s1. The largest absolute Gasteiger partial charge is 0.327 e. The Morgan fingerprint density at radius 3 is 2.39 bits per heavy atom. The molecular weight excluding hydrogens is 421 g/mol. The summed E-state index contributed by atoms with van der Waals surface area (Å²) >= 11 is 0. The van der Waals surface area contributed by atoms with E-state index in [9.17, 15) is 24.0 Å². The van der Waals surface area contributed by atoms with Crippen molar-refractivity contribution in [2.75, 3.05) is 11.9 Å². The molecule has 7 heteroatoms. The minimum Gasteiger partial charge on any atom is -0.327 e. The molecule has 0 spiro atoms. The Bertz CT molecular complexity index is 1120. The highest BCUT2D eigenvalue weighted by atomic mass is 19.1. The van der Waals surface area contributed by atoms with Crippen molar-refractivity contribution in [3.05, 3.63) is 65.2 Å². The van der Waals surface area contributed by atoms with Crippen molar-refractivity contribution in [2.24, 2.45) is 0 Å². The zero-order chi connectivity index (χ0) is 23.6. The molecule has 0 radical (unpaired) electrons. The Balaban J connectivity index is 1.62. The van der Waals surface area contributed by atoms with Gasteiger partial charge in [-0.2, -0.15) is 5.26 Å². The number of benzene rings is 2. The molecule has 2 aromatic rings. The summed E-state index contributed by atoms with van der Waals surface area (Å²) in [5.74, 6) is -0.793. The van der Waals surface area contributed by atoms with Crippen LogP contribution in [0.3, 0.4) is 0 Å². The predicted molar refractivity (Wildman–Crippen MR) is 121 cm³/mol. The lowest BCUT2D eigenvalue weighted by Gasteiger charge is -2.35. The number of alkyl halides is 1. The maximum Gasteiger partial charge on any atom is 0.247 e. The first-order valence-electron chi connectivity index (χ1n) is 11.2. The average Bonchev–Trinajstić information content (AvgIpc) is 3.47. The van der Waals surface area contributed by atoms with Crippen LogP contribution in [0.1, 0.15) is 60.5 Å². The fraction of sp³-hybridized carbons (Fsp3) is 0.385. The van der Waals surface area contributed by atoms with Gasteiger partial charge >= 0.3 is 0 Å². The number of nitrogens with zero attached hydrogens (tertiary/aromatic N) is 2. The second-order valence-electron chi connectivity index (χ2n) is 8.88. The van der Waals surface area contributed by atoms with Crippen LogP contribution < -0.4 is 5.32 Å². The minimum atomic E-state index is -1.30. The number of amides is 2. The lowest BCUT2D eigenvalue weighted by molar-refractivity contribution is -0.141. The van der Waals surface area contributed by atoms with E-state index in [1.165, 1.54) is 11.8 Å². The van der Waals surface area contributed by atoms with Gasteiger partial charge in [-0.05, 0) is 37.5 Å². The third kappa shape index (κ3) is 4.25. The van der Waals surface area contributed by atoms with Crippen LogP contribution in [-0.4, -0.2) is 41.3 Å². The molecule has 1 saturated heterocycles. The van der Waals surface area contributed by atoms with E-state index in [4.69, 9.17) is 0 Å². The molecule has 1 heterocycles. The molecule has 0 aromatic heterocycles. The number of nitriles is 1. The van der Waals surface area contributed by atoms with Gasteiger partial charge in [-0.25, -0.2) is 4.39 Å². The first-order chi connectivity index (χ1) is 15.9. The van der Waals surface area contributed by atoms with Crippen molar-refractivity contribution in [3.63, 3.8) is 0 Å². The van der Waals surface area contributed by atoms with E-state index in [-0.39, 0.29) is 24.7 Å². The van der Waals surface area contributed by atoms with Crippen LogP contribution in [0.2, 0.25) is 0 Å². The van der Waals surface area contributed by atoms with E-state index in [1.54, 1.807) is 48.5 Å². The Morgan fingerprint density at radius 1 is 1.09 bits per heavy atom. The zero-order valence-corrected chi connectivity index (χ0v) is 18.5. The van der Waals surface area contributed by atoms with Crippen molar-refractivity contribution in [3.8, 4) is 6.07 Å². The molecule has 0 bridgehead atoms. The van der Waals surface area contributed by atoms with Gasteiger partial charge in [0.05, 0.1) is 23.2 Å². The van der Waals surface area contributed by atoms with Crippen LogP contribution in [0.15, 0.2) is 48.5 Å². The summed E-state index contributed by atoms with van der Waals surface area (Å²) in [5, 5.41) is 12.0. The summed E-state index contributed by atoms with van der Waals surface area (Å²) in [6, 6.07) is 14.7. The number of likely N-dealkylation sites (tertiary alicyclic amines) is 1. The first kappa shape index (κ1) is 22.7. The average molecular weight is 448 g/mol. The summed E-state index contributed by atoms with van der Waals surface area (Å²) in [6.45, 7) is 1.36. The van der Waals surface area contributed by atoms with E-state index >= 15 is 0 Å². The second kappa shape index (κ2) is 9.14. The smallest absolute Gasteiger partial charge is 0.247 e. The van der Waals surface area contributed by atoms with E-state index in [0.717, 1.165) is 18.4 Å². The van der Waals surface area contributed by atoms with Gasteiger partial charge in [-0.15, -0.1) is 0 Å². The molecular formula is C26H26FN3O3. The van der Waals surface area contributed by atoms with Gasteiger partial charge < -0.3 is 10.2 Å². The Hall–Kier alpha value is -3.53. The molecule has 1 aliphatic carbocycles. The fourth-order valence-corrected chi connectivity index (χ4v) is 5.07. The molecule has 2 amide bonds. The van der Waals surface area contributed by atoms with Crippen molar-refractivity contribution in [2.45, 2.75) is 56.7 Å². The van der Waals surface area contributed by atoms with Crippen LogP contribution >= 0.6 is 0 Å². The SMILES string of the molecule is CC(=O)c1ccc(C2(C(=O)N3C[C@H](F)C[C@@H]3C(=O)Nc3ccccc3C#N)CCCC2)cc1. The first-order valence-corrected chi connectivity index (χ1v) is 11.2. The van der Waals surface area contributed by atoms with Crippen molar-refractivity contribution in [1.82, 2.24) is 4.90 Å². The number of para-hydroxylation sites is 1. The van der Waals surface area contributed by atoms with Crippen LogP contribution in [0.25, 0.3) is 0 Å². The van der Waals surface area contributed by atoms with Gasteiger partial charge in [0.15, 0.2) is 5.78 Å². The molecule has 2 fully saturated rings. The fourth-order valence-electron chi connectivity index (χ4n) is 5.07. The maximum atomic E-state index is 14.5. The normalized spacial score (nSPS) is 21.4. The zero-order valence-electron chi connectivity index (χ0n) is 18.5. The van der Waals surface area contributed by atoms with E-state index in [2.05, 4.69) is 5.32 Å². The molecule has 1 saturated carbocycles. The van der Waals surface area contributed by atoms with Crippen molar-refractivity contribution < 1.29 is 18.8 Å². The van der Waals surface area contributed by atoms with Gasteiger partial charge in [0.2, 0.25) is 11.8 Å². The number of anilines is 1. The van der Waals surface area contributed by atoms with Gasteiger partial charge in [-0.1, -0.05) is 49.2 Å². The molecule has 6 nitrogen and oxygen atoms in total. The molecule has 2 atom stereocenters.